The minimum Gasteiger partial charge on any atom is -0.312 e. The number of aliphatic imine (C=N–C) groups is 1. The van der Waals surface area contributed by atoms with Crippen LogP contribution in [-0.2, 0) is 11.2 Å². The Morgan fingerprint density at radius 2 is 2.19 bits per heavy atom. The molecule has 1 amide bonds. The summed E-state index contributed by atoms with van der Waals surface area (Å²) in [5, 5.41) is 2.82. The maximum atomic E-state index is 11.5. The molecular formula is C12H13BrN2O. The van der Waals surface area contributed by atoms with Crippen LogP contribution in [0.4, 0.5) is 0 Å². The maximum Gasteiger partial charge on any atom is 0.250 e. The third-order valence-electron chi connectivity index (χ3n) is 2.58. The van der Waals surface area contributed by atoms with E-state index in [4.69, 9.17) is 0 Å². The van der Waals surface area contributed by atoms with E-state index in [0.717, 1.165) is 22.3 Å². The number of halogens is 1. The summed E-state index contributed by atoms with van der Waals surface area (Å²) >= 11 is 3.48. The lowest BCUT2D eigenvalue weighted by molar-refractivity contribution is -0.120. The fourth-order valence-electron chi connectivity index (χ4n) is 1.69. The van der Waals surface area contributed by atoms with Gasteiger partial charge in [-0.3, -0.25) is 9.79 Å². The van der Waals surface area contributed by atoms with Gasteiger partial charge in [0.25, 0.3) is 0 Å². The summed E-state index contributed by atoms with van der Waals surface area (Å²) in [6.45, 7) is 1.97. The first-order valence-electron chi connectivity index (χ1n) is 5.31. The average Bonchev–Trinajstić information content (AvgIpc) is 2.62. The Labute approximate surface area is 103 Å². The predicted molar refractivity (Wildman–Crippen MR) is 67.5 cm³/mol. The van der Waals surface area contributed by atoms with E-state index < -0.39 is 0 Å². The lowest BCUT2D eigenvalue weighted by Gasteiger charge is -2.03. The van der Waals surface area contributed by atoms with Gasteiger partial charge in [0, 0.05) is 10.9 Å². The standard InChI is InChI=1S/C12H13BrN2O/c1-2-10-12(16)15-11(14-10)7-8-5-3-4-6-9(8)13/h3-6,10H,2,7H2,1H3,(H,14,15,16). The molecule has 0 fully saturated rings. The SMILES string of the molecule is CCC1N=C(Cc2ccccc2Br)NC1=O. The third kappa shape index (κ3) is 2.32. The maximum absolute atomic E-state index is 11.5. The summed E-state index contributed by atoms with van der Waals surface area (Å²) in [5.41, 5.74) is 1.14. The highest BCUT2D eigenvalue weighted by Gasteiger charge is 2.24. The van der Waals surface area contributed by atoms with E-state index in [1.165, 1.54) is 0 Å². The molecule has 4 heteroatoms. The molecule has 1 aliphatic rings. The van der Waals surface area contributed by atoms with Gasteiger partial charge in [-0.1, -0.05) is 41.1 Å². The van der Waals surface area contributed by atoms with E-state index >= 15 is 0 Å². The summed E-state index contributed by atoms with van der Waals surface area (Å²) in [7, 11) is 0. The summed E-state index contributed by atoms with van der Waals surface area (Å²) in [4.78, 5) is 15.8. The van der Waals surface area contributed by atoms with E-state index in [2.05, 4.69) is 26.2 Å². The number of nitrogens with zero attached hydrogens (tertiary/aromatic N) is 1. The van der Waals surface area contributed by atoms with E-state index in [1.807, 2.05) is 31.2 Å². The Balaban J connectivity index is 2.12. The number of hydrogen-bond donors (Lipinski definition) is 1. The molecule has 1 aliphatic heterocycles. The number of rotatable bonds is 3. The van der Waals surface area contributed by atoms with Crippen molar-refractivity contribution in [3.8, 4) is 0 Å². The van der Waals surface area contributed by atoms with Crippen molar-refractivity contribution in [2.75, 3.05) is 0 Å². The molecular weight excluding hydrogens is 268 g/mol. The number of carbonyl (C=O) groups excluding carboxylic acids is 1. The second-order valence-corrected chi connectivity index (χ2v) is 4.61. The van der Waals surface area contributed by atoms with Crippen LogP contribution in [0.5, 0.6) is 0 Å². The van der Waals surface area contributed by atoms with Gasteiger partial charge in [0.15, 0.2) is 0 Å². The second kappa shape index (κ2) is 4.78. The monoisotopic (exact) mass is 280 g/mol. The van der Waals surface area contributed by atoms with E-state index in [9.17, 15) is 4.79 Å². The van der Waals surface area contributed by atoms with Crippen LogP contribution in [0, 0.1) is 0 Å². The molecule has 0 saturated carbocycles. The van der Waals surface area contributed by atoms with E-state index in [1.54, 1.807) is 0 Å². The lowest BCUT2D eigenvalue weighted by atomic mass is 10.1. The quantitative estimate of drug-likeness (QED) is 0.907. The minimum absolute atomic E-state index is 0.0181. The molecule has 1 heterocycles. The largest absolute Gasteiger partial charge is 0.312 e. The highest BCUT2D eigenvalue weighted by molar-refractivity contribution is 9.10. The molecule has 1 atom stereocenters. The summed E-state index contributed by atoms with van der Waals surface area (Å²) in [6, 6.07) is 7.77. The second-order valence-electron chi connectivity index (χ2n) is 3.76. The Morgan fingerprint density at radius 3 is 2.81 bits per heavy atom. The molecule has 3 nitrogen and oxygen atoms in total. The molecule has 1 aromatic carbocycles. The molecule has 0 radical (unpaired) electrons. The Hall–Kier alpha value is -1.16. The molecule has 1 unspecified atom stereocenters. The van der Waals surface area contributed by atoms with Gasteiger partial charge < -0.3 is 5.32 Å². The fourth-order valence-corrected chi connectivity index (χ4v) is 2.12. The Morgan fingerprint density at radius 1 is 1.44 bits per heavy atom. The number of hydrogen-bond acceptors (Lipinski definition) is 2. The van der Waals surface area contributed by atoms with Gasteiger partial charge in [-0.25, -0.2) is 0 Å². The molecule has 16 heavy (non-hydrogen) atoms. The van der Waals surface area contributed by atoms with Gasteiger partial charge >= 0.3 is 0 Å². The first kappa shape index (κ1) is 11.3. The van der Waals surface area contributed by atoms with Crippen molar-refractivity contribution in [1.29, 1.82) is 0 Å². The van der Waals surface area contributed by atoms with Crippen LogP contribution in [0.3, 0.4) is 0 Å². The van der Waals surface area contributed by atoms with Crippen molar-refractivity contribution in [3.05, 3.63) is 34.3 Å². The summed E-state index contributed by atoms with van der Waals surface area (Å²) in [6.07, 6.45) is 1.43. The van der Waals surface area contributed by atoms with Crippen molar-refractivity contribution in [1.82, 2.24) is 5.32 Å². The van der Waals surface area contributed by atoms with Crippen LogP contribution in [-0.4, -0.2) is 17.8 Å². The van der Waals surface area contributed by atoms with Crippen LogP contribution in [0.25, 0.3) is 0 Å². The highest BCUT2D eigenvalue weighted by Crippen LogP contribution is 2.17. The zero-order chi connectivity index (χ0) is 11.5. The topological polar surface area (TPSA) is 41.5 Å². The predicted octanol–water partition coefficient (Wildman–Crippen LogP) is 2.30. The molecule has 84 valence electrons. The van der Waals surface area contributed by atoms with Crippen LogP contribution in [0.15, 0.2) is 33.7 Å². The zero-order valence-corrected chi connectivity index (χ0v) is 10.6. The van der Waals surface area contributed by atoms with E-state index in [-0.39, 0.29) is 11.9 Å². The smallest absolute Gasteiger partial charge is 0.250 e. The first-order valence-corrected chi connectivity index (χ1v) is 6.11. The molecule has 0 aromatic heterocycles. The van der Waals surface area contributed by atoms with Crippen molar-refractivity contribution in [2.24, 2.45) is 4.99 Å². The van der Waals surface area contributed by atoms with Gasteiger partial charge in [0.05, 0.1) is 0 Å². The number of nitrogens with one attached hydrogen (secondary N) is 1. The minimum atomic E-state index is -0.197. The van der Waals surface area contributed by atoms with Gasteiger partial charge in [0.2, 0.25) is 5.91 Å². The number of benzene rings is 1. The Bertz CT molecular complexity index is 442. The van der Waals surface area contributed by atoms with Gasteiger partial charge in [-0.2, -0.15) is 0 Å². The van der Waals surface area contributed by atoms with Crippen molar-refractivity contribution < 1.29 is 4.79 Å². The van der Waals surface area contributed by atoms with Gasteiger partial charge in [-0.05, 0) is 18.1 Å². The average molecular weight is 281 g/mol. The fraction of sp³-hybridized carbons (Fsp3) is 0.333. The summed E-state index contributed by atoms with van der Waals surface area (Å²) < 4.78 is 1.05. The number of amidine groups is 1. The van der Waals surface area contributed by atoms with Crippen molar-refractivity contribution >= 4 is 27.7 Å². The third-order valence-corrected chi connectivity index (χ3v) is 3.36. The van der Waals surface area contributed by atoms with Gasteiger partial charge in [-0.15, -0.1) is 0 Å². The zero-order valence-electron chi connectivity index (χ0n) is 9.03. The molecule has 1 aromatic rings. The van der Waals surface area contributed by atoms with Crippen LogP contribution < -0.4 is 5.32 Å². The van der Waals surface area contributed by atoms with Gasteiger partial charge in [0.1, 0.15) is 11.9 Å². The molecule has 0 spiro atoms. The number of amides is 1. The van der Waals surface area contributed by atoms with Crippen molar-refractivity contribution in [3.63, 3.8) is 0 Å². The van der Waals surface area contributed by atoms with Crippen molar-refractivity contribution in [2.45, 2.75) is 25.8 Å². The molecule has 2 rings (SSSR count). The molecule has 1 N–H and O–H groups in total. The van der Waals surface area contributed by atoms with Crippen LogP contribution in [0.2, 0.25) is 0 Å². The lowest BCUT2D eigenvalue weighted by Crippen LogP contribution is -2.29. The first-order chi connectivity index (χ1) is 7.70. The van der Waals surface area contributed by atoms with E-state index in [0.29, 0.717) is 6.42 Å². The number of carbonyl (C=O) groups is 1. The molecule has 0 aliphatic carbocycles. The Kier molecular flexibility index (Phi) is 3.39. The van der Waals surface area contributed by atoms with Crippen LogP contribution in [0.1, 0.15) is 18.9 Å². The van der Waals surface area contributed by atoms with Crippen LogP contribution >= 0.6 is 15.9 Å². The normalized spacial score (nSPS) is 19.5. The molecule has 0 bridgehead atoms. The molecule has 0 saturated heterocycles. The highest BCUT2D eigenvalue weighted by atomic mass is 79.9. The summed E-state index contributed by atoms with van der Waals surface area (Å²) in [5.74, 6) is 0.785.